The highest BCUT2D eigenvalue weighted by molar-refractivity contribution is 5.57. The average Bonchev–Trinajstić information content (AvgIpc) is 2.46. The molecule has 0 saturated heterocycles. The summed E-state index contributed by atoms with van der Waals surface area (Å²) in [6, 6.07) is 4.76. The van der Waals surface area contributed by atoms with Crippen molar-refractivity contribution in [2.75, 3.05) is 32.1 Å². The van der Waals surface area contributed by atoms with Crippen LogP contribution in [0.3, 0.4) is 0 Å². The van der Waals surface area contributed by atoms with Gasteiger partial charge in [-0.05, 0) is 65.3 Å². The van der Waals surface area contributed by atoms with Crippen LogP contribution in [0.25, 0.3) is 0 Å². The third-order valence-electron chi connectivity index (χ3n) is 4.18. The number of nitriles is 1. The maximum absolute atomic E-state index is 9.50. The van der Waals surface area contributed by atoms with Crippen LogP contribution >= 0.6 is 0 Å². The fourth-order valence-corrected chi connectivity index (χ4v) is 3.22. The first-order valence-electron chi connectivity index (χ1n) is 7.91. The molecule has 114 valence electrons. The van der Waals surface area contributed by atoms with E-state index >= 15 is 0 Å². The standard InChI is InChI=1S/C17H26N4/c1-5-21(13(2)12-20(3)4)17-15(11-18)10-14-8-6-7-9-16(14)19-17/h10,13H,5-9,12H2,1-4H3. The summed E-state index contributed by atoms with van der Waals surface area (Å²) in [5.41, 5.74) is 3.20. The minimum atomic E-state index is 0.339. The van der Waals surface area contributed by atoms with Gasteiger partial charge in [0.1, 0.15) is 11.9 Å². The van der Waals surface area contributed by atoms with Gasteiger partial charge in [-0.15, -0.1) is 0 Å². The van der Waals surface area contributed by atoms with Crippen LogP contribution in [-0.4, -0.2) is 43.1 Å². The quantitative estimate of drug-likeness (QED) is 0.834. The Morgan fingerprint density at radius 2 is 2.05 bits per heavy atom. The van der Waals surface area contributed by atoms with Crippen molar-refractivity contribution < 1.29 is 0 Å². The summed E-state index contributed by atoms with van der Waals surface area (Å²) in [4.78, 5) is 9.30. The molecule has 4 heteroatoms. The third-order valence-corrected chi connectivity index (χ3v) is 4.18. The van der Waals surface area contributed by atoms with E-state index in [9.17, 15) is 5.26 Å². The number of aryl methyl sites for hydroxylation is 2. The number of aromatic nitrogens is 1. The monoisotopic (exact) mass is 286 g/mol. The van der Waals surface area contributed by atoms with Gasteiger partial charge in [0.25, 0.3) is 0 Å². The summed E-state index contributed by atoms with van der Waals surface area (Å²) >= 11 is 0. The first kappa shape index (κ1) is 15.8. The SMILES string of the molecule is CCN(c1nc2c(cc1C#N)CCCC2)C(C)CN(C)C. The van der Waals surface area contributed by atoms with Gasteiger partial charge < -0.3 is 9.80 Å². The molecule has 0 aliphatic heterocycles. The third kappa shape index (κ3) is 3.54. The van der Waals surface area contributed by atoms with E-state index in [-0.39, 0.29) is 0 Å². The Morgan fingerprint density at radius 3 is 2.67 bits per heavy atom. The molecule has 0 fully saturated rings. The van der Waals surface area contributed by atoms with Gasteiger partial charge in [-0.1, -0.05) is 0 Å². The normalized spacial score (nSPS) is 15.4. The van der Waals surface area contributed by atoms with Crippen LogP contribution in [0.4, 0.5) is 5.82 Å². The van der Waals surface area contributed by atoms with Crippen LogP contribution < -0.4 is 4.90 Å². The highest BCUT2D eigenvalue weighted by Gasteiger charge is 2.21. The number of hydrogen-bond donors (Lipinski definition) is 0. The van der Waals surface area contributed by atoms with E-state index in [0.717, 1.165) is 37.3 Å². The molecule has 0 amide bonds. The second-order valence-electron chi connectivity index (χ2n) is 6.18. The summed E-state index contributed by atoms with van der Waals surface area (Å²) in [5.74, 6) is 0.870. The average molecular weight is 286 g/mol. The summed E-state index contributed by atoms with van der Waals surface area (Å²) in [5, 5.41) is 9.50. The fraction of sp³-hybridized carbons (Fsp3) is 0.647. The minimum absolute atomic E-state index is 0.339. The van der Waals surface area contributed by atoms with Crippen molar-refractivity contribution in [3.05, 3.63) is 22.9 Å². The Hall–Kier alpha value is -1.60. The van der Waals surface area contributed by atoms with Gasteiger partial charge in [0.05, 0.1) is 5.56 Å². The molecule has 0 bridgehead atoms. The van der Waals surface area contributed by atoms with Crippen molar-refractivity contribution in [3.8, 4) is 6.07 Å². The van der Waals surface area contributed by atoms with Crippen LogP contribution in [0.15, 0.2) is 6.07 Å². The molecule has 0 N–H and O–H groups in total. The predicted octanol–water partition coefficient (Wildman–Crippen LogP) is 2.61. The highest BCUT2D eigenvalue weighted by Crippen LogP contribution is 2.27. The van der Waals surface area contributed by atoms with Gasteiger partial charge in [0.2, 0.25) is 0 Å². The van der Waals surface area contributed by atoms with Gasteiger partial charge in [-0.25, -0.2) is 4.98 Å². The molecule has 1 unspecified atom stereocenters. The van der Waals surface area contributed by atoms with Crippen LogP contribution in [0.5, 0.6) is 0 Å². The number of likely N-dealkylation sites (N-methyl/N-ethyl adjacent to an activating group) is 2. The van der Waals surface area contributed by atoms with Gasteiger partial charge in [-0.3, -0.25) is 0 Å². The van der Waals surface area contributed by atoms with E-state index in [1.165, 1.54) is 24.1 Å². The highest BCUT2D eigenvalue weighted by atomic mass is 15.2. The Balaban J connectivity index is 2.38. The lowest BCUT2D eigenvalue weighted by Crippen LogP contribution is -2.41. The molecule has 2 rings (SSSR count). The van der Waals surface area contributed by atoms with Crippen molar-refractivity contribution in [1.29, 1.82) is 5.26 Å². The summed E-state index contributed by atoms with van der Waals surface area (Å²) < 4.78 is 0. The second-order valence-corrected chi connectivity index (χ2v) is 6.18. The molecule has 1 aromatic heterocycles. The summed E-state index contributed by atoms with van der Waals surface area (Å²) in [7, 11) is 4.16. The van der Waals surface area contributed by atoms with Crippen LogP contribution in [-0.2, 0) is 12.8 Å². The van der Waals surface area contributed by atoms with E-state index in [4.69, 9.17) is 4.98 Å². The summed E-state index contributed by atoms with van der Waals surface area (Å²) in [6.45, 7) is 6.16. The second kappa shape index (κ2) is 6.91. The number of rotatable bonds is 5. The number of nitrogens with zero attached hydrogens (tertiary/aromatic N) is 4. The molecular weight excluding hydrogens is 260 g/mol. The number of anilines is 1. The van der Waals surface area contributed by atoms with E-state index < -0.39 is 0 Å². The molecule has 4 nitrogen and oxygen atoms in total. The first-order chi connectivity index (χ1) is 10.1. The zero-order valence-corrected chi connectivity index (χ0v) is 13.7. The van der Waals surface area contributed by atoms with Crippen molar-refractivity contribution in [2.45, 2.75) is 45.6 Å². The number of pyridine rings is 1. The van der Waals surface area contributed by atoms with Crippen molar-refractivity contribution in [3.63, 3.8) is 0 Å². The number of fused-ring (bicyclic) bond motifs is 1. The van der Waals surface area contributed by atoms with Crippen LogP contribution in [0.2, 0.25) is 0 Å². The molecule has 1 aliphatic carbocycles. The molecule has 0 saturated carbocycles. The Morgan fingerprint density at radius 1 is 1.33 bits per heavy atom. The minimum Gasteiger partial charge on any atom is -0.352 e. The van der Waals surface area contributed by atoms with Gasteiger partial charge in [-0.2, -0.15) is 5.26 Å². The number of hydrogen-bond acceptors (Lipinski definition) is 4. The van der Waals surface area contributed by atoms with Crippen molar-refractivity contribution in [1.82, 2.24) is 9.88 Å². The first-order valence-corrected chi connectivity index (χ1v) is 7.91. The van der Waals surface area contributed by atoms with E-state index in [1.54, 1.807) is 0 Å². The lowest BCUT2D eigenvalue weighted by Gasteiger charge is -2.32. The predicted molar refractivity (Wildman–Crippen MR) is 86.6 cm³/mol. The molecule has 21 heavy (non-hydrogen) atoms. The maximum atomic E-state index is 9.50. The van der Waals surface area contributed by atoms with Crippen LogP contribution in [0, 0.1) is 11.3 Å². The van der Waals surface area contributed by atoms with E-state index in [2.05, 4.69) is 49.9 Å². The molecule has 0 radical (unpaired) electrons. The fourth-order valence-electron chi connectivity index (χ4n) is 3.22. The van der Waals surface area contributed by atoms with Gasteiger partial charge in [0, 0.05) is 24.8 Å². The molecule has 0 spiro atoms. The lowest BCUT2D eigenvalue weighted by molar-refractivity contribution is 0.372. The smallest absolute Gasteiger partial charge is 0.147 e. The maximum Gasteiger partial charge on any atom is 0.147 e. The largest absolute Gasteiger partial charge is 0.352 e. The topological polar surface area (TPSA) is 43.2 Å². The zero-order valence-electron chi connectivity index (χ0n) is 13.7. The van der Waals surface area contributed by atoms with Crippen molar-refractivity contribution >= 4 is 5.82 Å². The van der Waals surface area contributed by atoms with E-state index in [0.29, 0.717) is 6.04 Å². The Labute approximate surface area is 128 Å². The Bertz CT molecular complexity index is 530. The Kier molecular flexibility index (Phi) is 5.19. The molecular formula is C17H26N4. The van der Waals surface area contributed by atoms with Crippen LogP contribution in [0.1, 0.15) is 43.5 Å². The van der Waals surface area contributed by atoms with Gasteiger partial charge in [0.15, 0.2) is 0 Å². The molecule has 0 aromatic carbocycles. The zero-order chi connectivity index (χ0) is 15.4. The lowest BCUT2D eigenvalue weighted by atomic mass is 9.94. The van der Waals surface area contributed by atoms with Gasteiger partial charge >= 0.3 is 0 Å². The molecule has 1 atom stereocenters. The van der Waals surface area contributed by atoms with E-state index in [1.807, 2.05) is 0 Å². The summed E-state index contributed by atoms with van der Waals surface area (Å²) in [6.07, 6.45) is 4.54. The molecule has 1 aliphatic rings. The van der Waals surface area contributed by atoms with Crippen molar-refractivity contribution in [2.24, 2.45) is 0 Å². The molecule has 1 aromatic rings. The molecule has 1 heterocycles.